The van der Waals surface area contributed by atoms with Crippen molar-refractivity contribution in [2.45, 2.75) is 19.4 Å². The van der Waals surface area contributed by atoms with E-state index in [1.54, 1.807) is 7.11 Å². The minimum Gasteiger partial charge on any atom is -0.382 e. The summed E-state index contributed by atoms with van der Waals surface area (Å²) in [6.07, 6.45) is 1.04. The van der Waals surface area contributed by atoms with Gasteiger partial charge in [-0.2, -0.15) is 5.26 Å². The molecule has 0 aromatic heterocycles. The Labute approximate surface area is 62.0 Å². The quantitative estimate of drug-likeness (QED) is 0.608. The van der Waals surface area contributed by atoms with E-state index < -0.39 is 0 Å². The average molecular weight is 142 g/mol. The van der Waals surface area contributed by atoms with Crippen LogP contribution in [0.3, 0.4) is 0 Å². The fourth-order valence-corrected chi connectivity index (χ4v) is 0.627. The standard InChI is InChI=1S/C7H14N2O/c1-3-4-9-7(5-8)6-10-2/h7,9H,3-4,6H2,1-2H3. The lowest BCUT2D eigenvalue weighted by atomic mass is 10.3. The minimum absolute atomic E-state index is 0.148. The highest BCUT2D eigenvalue weighted by molar-refractivity contribution is 4.88. The smallest absolute Gasteiger partial charge is 0.119 e. The molecule has 1 unspecified atom stereocenters. The summed E-state index contributed by atoms with van der Waals surface area (Å²) in [6.45, 7) is 3.41. The molecule has 0 radical (unpaired) electrons. The molecule has 1 N–H and O–H groups in total. The second-order valence-electron chi connectivity index (χ2n) is 2.09. The monoisotopic (exact) mass is 142 g/mol. The SMILES string of the molecule is CCCNC(C#N)COC. The zero-order chi connectivity index (χ0) is 7.82. The lowest BCUT2D eigenvalue weighted by molar-refractivity contribution is 0.182. The summed E-state index contributed by atoms with van der Waals surface area (Å²) in [5, 5.41) is 11.5. The molecule has 58 valence electrons. The summed E-state index contributed by atoms with van der Waals surface area (Å²) in [5.41, 5.74) is 0. The van der Waals surface area contributed by atoms with Crippen LogP contribution in [0.2, 0.25) is 0 Å². The van der Waals surface area contributed by atoms with Gasteiger partial charge >= 0.3 is 0 Å². The Hall–Kier alpha value is -0.590. The van der Waals surface area contributed by atoms with Crippen LogP contribution in [0.15, 0.2) is 0 Å². The summed E-state index contributed by atoms with van der Waals surface area (Å²) in [4.78, 5) is 0. The van der Waals surface area contributed by atoms with E-state index in [0.29, 0.717) is 6.61 Å². The fourth-order valence-electron chi connectivity index (χ4n) is 0.627. The third kappa shape index (κ3) is 4.30. The molecule has 0 rings (SSSR count). The van der Waals surface area contributed by atoms with Crippen LogP contribution in [0.25, 0.3) is 0 Å². The Morgan fingerprint density at radius 3 is 2.80 bits per heavy atom. The fraction of sp³-hybridized carbons (Fsp3) is 0.857. The first kappa shape index (κ1) is 9.41. The van der Waals surface area contributed by atoms with Crippen LogP contribution in [0.1, 0.15) is 13.3 Å². The zero-order valence-corrected chi connectivity index (χ0v) is 6.55. The topological polar surface area (TPSA) is 45.0 Å². The largest absolute Gasteiger partial charge is 0.382 e. The maximum absolute atomic E-state index is 8.49. The van der Waals surface area contributed by atoms with Crippen molar-refractivity contribution < 1.29 is 4.74 Å². The van der Waals surface area contributed by atoms with E-state index in [4.69, 9.17) is 10.00 Å². The summed E-state index contributed by atoms with van der Waals surface area (Å²) < 4.78 is 4.81. The van der Waals surface area contributed by atoms with E-state index in [0.717, 1.165) is 13.0 Å². The number of hydrogen-bond acceptors (Lipinski definition) is 3. The van der Waals surface area contributed by atoms with Crippen molar-refractivity contribution in [1.82, 2.24) is 5.32 Å². The van der Waals surface area contributed by atoms with Crippen molar-refractivity contribution in [1.29, 1.82) is 5.26 Å². The molecule has 0 heterocycles. The molecule has 0 aliphatic heterocycles. The van der Waals surface area contributed by atoms with Crippen LogP contribution in [0.5, 0.6) is 0 Å². The van der Waals surface area contributed by atoms with Crippen molar-refractivity contribution in [3.8, 4) is 6.07 Å². The number of rotatable bonds is 5. The Kier molecular flexibility index (Phi) is 6.14. The number of hydrogen-bond donors (Lipinski definition) is 1. The van der Waals surface area contributed by atoms with Gasteiger partial charge in [0.15, 0.2) is 0 Å². The highest BCUT2D eigenvalue weighted by atomic mass is 16.5. The van der Waals surface area contributed by atoms with Gasteiger partial charge in [0.1, 0.15) is 6.04 Å². The highest BCUT2D eigenvalue weighted by Gasteiger charge is 2.02. The Bertz CT molecular complexity index is 109. The Balaban J connectivity index is 3.33. The third-order valence-electron chi connectivity index (χ3n) is 1.13. The predicted molar refractivity (Wildman–Crippen MR) is 39.6 cm³/mol. The molecule has 0 aromatic carbocycles. The van der Waals surface area contributed by atoms with E-state index in [-0.39, 0.29) is 6.04 Å². The lowest BCUT2D eigenvalue weighted by Crippen LogP contribution is -2.32. The molecule has 0 saturated carbocycles. The molecule has 10 heavy (non-hydrogen) atoms. The van der Waals surface area contributed by atoms with E-state index in [2.05, 4.69) is 18.3 Å². The van der Waals surface area contributed by atoms with Crippen LogP contribution in [0, 0.1) is 11.3 Å². The normalized spacial score (nSPS) is 12.5. The molecular formula is C7H14N2O. The van der Waals surface area contributed by atoms with Crippen LogP contribution in [-0.2, 0) is 4.74 Å². The van der Waals surface area contributed by atoms with E-state index >= 15 is 0 Å². The lowest BCUT2D eigenvalue weighted by Gasteiger charge is -2.07. The number of nitriles is 1. The van der Waals surface area contributed by atoms with E-state index in [9.17, 15) is 0 Å². The van der Waals surface area contributed by atoms with Crippen molar-refractivity contribution in [2.75, 3.05) is 20.3 Å². The molecule has 3 nitrogen and oxygen atoms in total. The molecule has 0 fully saturated rings. The summed E-state index contributed by atoms with van der Waals surface area (Å²) in [6, 6.07) is 1.95. The van der Waals surface area contributed by atoms with Gasteiger partial charge in [-0.3, -0.25) is 0 Å². The van der Waals surface area contributed by atoms with Gasteiger partial charge in [0, 0.05) is 7.11 Å². The molecule has 1 atom stereocenters. The van der Waals surface area contributed by atoms with Crippen molar-refractivity contribution in [3.63, 3.8) is 0 Å². The van der Waals surface area contributed by atoms with Gasteiger partial charge in [0.2, 0.25) is 0 Å². The van der Waals surface area contributed by atoms with Crippen molar-refractivity contribution >= 4 is 0 Å². The second-order valence-corrected chi connectivity index (χ2v) is 2.09. The molecule has 0 bridgehead atoms. The van der Waals surface area contributed by atoms with Crippen LogP contribution in [0.4, 0.5) is 0 Å². The average Bonchev–Trinajstić information content (AvgIpc) is 1.98. The molecule has 0 aromatic rings. The molecule has 0 aliphatic rings. The Morgan fingerprint density at radius 2 is 2.40 bits per heavy atom. The molecular weight excluding hydrogens is 128 g/mol. The van der Waals surface area contributed by atoms with E-state index in [1.807, 2.05) is 0 Å². The van der Waals surface area contributed by atoms with Gasteiger partial charge in [-0.25, -0.2) is 0 Å². The van der Waals surface area contributed by atoms with Gasteiger partial charge in [-0.05, 0) is 13.0 Å². The van der Waals surface area contributed by atoms with Gasteiger partial charge in [-0.1, -0.05) is 6.92 Å². The first-order valence-electron chi connectivity index (χ1n) is 3.47. The van der Waals surface area contributed by atoms with E-state index in [1.165, 1.54) is 0 Å². The minimum atomic E-state index is -0.148. The number of nitrogens with zero attached hydrogens (tertiary/aromatic N) is 1. The number of nitrogens with one attached hydrogen (secondary N) is 1. The van der Waals surface area contributed by atoms with Crippen molar-refractivity contribution in [2.24, 2.45) is 0 Å². The summed E-state index contributed by atoms with van der Waals surface area (Å²) in [7, 11) is 1.60. The summed E-state index contributed by atoms with van der Waals surface area (Å²) >= 11 is 0. The summed E-state index contributed by atoms with van der Waals surface area (Å²) in [5.74, 6) is 0. The van der Waals surface area contributed by atoms with Gasteiger partial charge < -0.3 is 10.1 Å². The maximum atomic E-state index is 8.49. The van der Waals surface area contributed by atoms with Gasteiger partial charge in [0.05, 0.1) is 12.7 Å². The maximum Gasteiger partial charge on any atom is 0.119 e. The molecule has 0 spiro atoms. The zero-order valence-electron chi connectivity index (χ0n) is 6.55. The molecule has 0 saturated heterocycles. The third-order valence-corrected chi connectivity index (χ3v) is 1.13. The van der Waals surface area contributed by atoms with Crippen molar-refractivity contribution in [3.05, 3.63) is 0 Å². The first-order valence-corrected chi connectivity index (χ1v) is 3.47. The molecule has 0 amide bonds. The molecule has 3 heteroatoms. The van der Waals surface area contributed by atoms with Crippen LogP contribution < -0.4 is 5.32 Å². The van der Waals surface area contributed by atoms with Gasteiger partial charge in [0.25, 0.3) is 0 Å². The highest BCUT2D eigenvalue weighted by Crippen LogP contribution is 1.82. The predicted octanol–water partition coefficient (Wildman–Crippen LogP) is 0.525. The van der Waals surface area contributed by atoms with Crippen LogP contribution in [-0.4, -0.2) is 26.3 Å². The van der Waals surface area contributed by atoms with Crippen LogP contribution >= 0.6 is 0 Å². The number of ether oxygens (including phenoxy) is 1. The first-order chi connectivity index (χ1) is 4.85. The number of methoxy groups -OCH3 is 1. The Morgan fingerprint density at radius 1 is 1.70 bits per heavy atom. The second kappa shape index (κ2) is 6.53. The molecule has 0 aliphatic carbocycles. The van der Waals surface area contributed by atoms with Gasteiger partial charge in [-0.15, -0.1) is 0 Å².